The van der Waals surface area contributed by atoms with Gasteiger partial charge < -0.3 is 10.8 Å². The van der Waals surface area contributed by atoms with Gasteiger partial charge in [-0.25, -0.2) is 4.98 Å². The number of thioether (sulfide) groups is 1. The molecular weight excluding hydrogens is 264 g/mol. The number of aliphatic hydroxyl groups is 1. The van der Waals surface area contributed by atoms with Gasteiger partial charge in [0.25, 0.3) is 0 Å². The molecule has 5 heteroatoms. The molecular formula is C13H16N2OS2. The van der Waals surface area contributed by atoms with Gasteiger partial charge in [0.1, 0.15) is 0 Å². The molecule has 0 aliphatic heterocycles. The van der Waals surface area contributed by atoms with E-state index in [2.05, 4.69) is 11.1 Å². The maximum atomic E-state index is 9.28. The van der Waals surface area contributed by atoms with E-state index in [0.29, 0.717) is 5.25 Å². The third-order valence-electron chi connectivity index (χ3n) is 3.46. The number of fused-ring (bicyclic) bond motifs is 1. The highest BCUT2D eigenvalue weighted by atomic mass is 32.2. The van der Waals surface area contributed by atoms with Crippen LogP contribution in [0.5, 0.6) is 0 Å². The van der Waals surface area contributed by atoms with Crippen LogP contribution in [0.2, 0.25) is 0 Å². The molecule has 1 aliphatic carbocycles. The quantitative estimate of drug-likeness (QED) is 0.907. The zero-order valence-electron chi connectivity index (χ0n) is 10.0. The molecule has 1 saturated carbocycles. The Labute approximate surface area is 114 Å². The lowest BCUT2D eigenvalue weighted by atomic mass is 10.0. The van der Waals surface area contributed by atoms with Crippen LogP contribution in [-0.4, -0.2) is 27.5 Å². The maximum Gasteiger partial charge on any atom is 0.151 e. The number of nitrogens with zero attached hydrogens (tertiary/aromatic N) is 1. The fourth-order valence-corrected chi connectivity index (χ4v) is 5.05. The van der Waals surface area contributed by atoms with E-state index in [1.807, 2.05) is 30.0 Å². The average molecular weight is 280 g/mol. The van der Waals surface area contributed by atoms with Gasteiger partial charge in [0, 0.05) is 10.8 Å². The second-order valence-electron chi connectivity index (χ2n) is 4.95. The second kappa shape index (κ2) is 4.81. The summed E-state index contributed by atoms with van der Waals surface area (Å²) in [6.07, 6.45) is 2.85. The summed E-state index contributed by atoms with van der Waals surface area (Å²) in [4.78, 5) is 4.63. The summed E-state index contributed by atoms with van der Waals surface area (Å²) in [5, 5.41) is 9.76. The first-order valence-corrected chi connectivity index (χ1v) is 7.80. The first-order valence-electron chi connectivity index (χ1n) is 6.10. The zero-order valence-corrected chi connectivity index (χ0v) is 11.6. The minimum atomic E-state index is -0.367. The topological polar surface area (TPSA) is 59.1 Å². The number of aliphatic hydroxyl groups excluding tert-OH is 1. The molecule has 18 heavy (non-hydrogen) atoms. The van der Waals surface area contributed by atoms with Gasteiger partial charge in [-0.2, -0.15) is 0 Å². The van der Waals surface area contributed by atoms with Crippen LogP contribution in [-0.2, 0) is 0 Å². The van der Waals surface area contributed by atoms with Crippen molar-refractivity contribution in [2.24, 2.45) is 5.73 Å². The number of para-hydroxylation sites is 1. The average Bonchev–Trinajstić information content (AvgIpc) is 2.93. The van der Waals surface area contributed by atoms with Crippen LogP contribution in [0, 0.1) is 0 Å². The van der Waals surface area contributed by atoms with Crippen molar-refractivity contribution in [2.75, 3.05) is 6.61 Å². The Kier molecular flexibility index (Phi) is 3.32. The molecule has 1 aromatic heterocycles. The van der Waals surface area contributed by atoms with Crippen LogP contribution in [0.15, 0.2) is 28.6 Å². The van der Waals surface area contributed by atoms with E-state index < -0.39 is 0 Å². The molecule has 0 bridgehead atoms. The molecule has 2 unspecified atom stereocenters. The Balaban J connectivity index is 1.73. The van der Waals surface area contributed by atoms with Gasteiger partial charge in [-0.15, -0.1) is 11.3 Å². The molecule has 96 valence electrons. The van der Waals surface area contributed by atoms with Gasteiger partial charge in [0.15, 0.2) is 4.34 Å². The van der Waals surface area contributed by atoms with E-state index in [9.17, 15) is 5.11 Å². The summed E-state index contributed by atoms with van der Waals surface area (Å²) < 4.78 is 2.35. The van der Waals surface area contributed by atoms with Crippen molar-refractivity contribution in [2.45, 2.75) is 34.4 Å². The van der Waals surface area contributed by atoms with Gasteiger partial charge in [0.05, 0.1) is 16.8 Å². The Morgan fingerprint density at radius 2 is 2.33 bits per heavy atom. The normalized spacial score (nSPS) is 28.0. The monoisotopic (exact) mass is 280 g/mol. The highest BCUT2D eigenvalue weighted by Crippen LogP contribution is 2.41. The lowest BCUT2D eigenvalue weighted by molar-refractivity contribution is 0.200. The zero-order chi connectivity index (χ0) is 12.6. The predicted octanol–water partition coefficient (Wildman–Crippen LogP) is 2.63. The highest BCUT2D eigenvalue weighted by molar-refractivity contribution is 8.01. The van der Waals surface area contributed by atoms with Gasteiger partial charge in [-0.3, -0.25) is 0 Å². The van der Waals surface area contributed by atoms with E-state index in [0.717, 1.165) is 29.1 Å². The minimum Gasteiger partial charge on any atom is -0.394 e. The van der Waals surface area contributed by atoms with E-state index in [-0.39, 0.29) is 12.1 Å². The number of hydrogen-bond donors (Lipinski definition) is 2. The number of aromatic nitrogens is 1. The van der Waals surface area contributed by atoms with E-state index in [1.54, 1.807) is 11.3 Å². The van der Waals surface area contributed by atoms with E-state index in [1.165, 1.54) is 4.70 Å². The fourth-order valence-electron chi connectivity index (χ4n) is 2.39. The molecule has 2 aromatic rings. The first kappa shape index (κ1) is 12.4. The molecule has 0 radical (unpaired) electrons. The van der Waals surface area contributed by atoms with Crippen molar-refractivity contribution in [3.63, 3.8) is 0 Å². The SMILES string of the molecule is NC1(CO)CCC(Sc2nc3ccccc3s2)C1. The van der Waals surface area contributed by atoms with Crippen molar-refractivity contribution in [3.8, 4) is 0 Å². The third-order valence-corrected chi connectivity index (χ3v) is 5.85. The van der Waals surface area contributed by atoms with Crippen molar-refractivity contribution in [3.05, 3.63) is 24.3 Å². The summed E-state index contributed by atoms with van der Waals surface area (Å²) in [5.41, 5.74) is 6.80. The number of hydrogen-bond acceptors (Lipinski definition) is 5. The Morgan fingerprint density at radius 3 is 3.06 bits per heavy atom. The Morgan fingerprint density at radius 1 is 1.50 bits per heavy atom. The van der Waals surface area contributed by atoms with Crippen molar-refractivity contribution >= 4 is 33.3 Å². The first-order chi connectivity index (χ1) is 8.68. The smallest absolute Gasteiger partial charge is 0.151 e. The van der Waals surface area contributed by atoms with Crippen LogP contribution in [0.3, 0.4) is 0 Å². The van der Waals surface area contributed by atoms with Gasteiger partial charge in [-0.05, 0) is 31.4 Å². The molecule has 2 atom stereocenters. The Bertz CT molecular complexity index is 524. The summed E-state index contributed by atoms with van der Waals surface area (Å²) >= 11 is 3.55. The summed E-state index contributed by atoms with van der Waals surface area (Å²) in [7, 11) is 0. The standard InChI is InChI=1S/C13H16N2OS2/c14-13(8-16)6-5-9(7-13)17-12-15-10-3-1-2-4-11(10)18-12/h1-4,9,16H,5-8,14H2. The van der Waals surface area contributed by atoms with Crippen LogP contribution >= 0.6 is 23.1 Å². The third kappa shape index (κ3) is 2.40. The summed E-state index contributed by atoms with van der Waals surface area (Å²) in [6.45, 7) is 0.0872. The number of rotatable bonds is 3. The van der Waals surface area contributed by atoms with Crippen molar-refractivity contribution < 1.29 is 5.11 Å². The number of benzene rings is 1. The lowest BCUT2D eigenvalue weighted by Crippen LogP contribution is -2.40. The van der Waals surface area contributed by atoms with Crippen LogP contribution in [0.4, 0.5) is 0 Å². The molecule has 0 spiro atoms. The molecule has 1 aliphatic rings. The highest BCUT2D eigenvalue weighted by Gasteiger charge is 2.35. The molecule has 3 rings (SSSR count). The van der Waals surface area contributed by atoms with Crippen LogP contribution in [0.25, 0.3) is 10.2 Å². The van der Waals surface area contributed by atoms with Crippen molar-refractivity contribution in [1.82, 2.24) is 4.98 Å². The van der Waals surface area contributed by atoms with E-state index >= 15 is 0 Å². The minimum absolute atomic E-state index is 0.0872. The van der Waals surface area contributed by atoms with Crippen LogP contribution in [0.1, 0.15) is 19.3 Å². The van der Waals surface area contributed by atoms with Gasteiger partial charge in [-0.1, -0.05) is 23.9 Å². The lowest BCUT2D eigenvalue weighted by Gasteiger charge is -2.20. The molecule has 1 fully saturated rings. The molecule has 3 N–H and O–H groups in total. The molecule has 0 saturated heterocycles. The maximum absolute atomic E-state index is 9.28. The largest absolute Gasteiger partial charge is 0.394 e. The fraction of sp³-hybridized carbons (Fsp3) is 0.462. The molecule has 0 amide bonds. The molecule has 1 heterocycles. The Hall–Kier alpha value is -0.620. The van der Waals surface area contributed by atoms with E-state index in [4.69, 9.17) is 5.73 Å². The summed E-state index contributed by atoms with van der Waals surface area (Å²) in [5.74, 6) is 0. The molecule has 1 aromatic carbocycles. The predicted molar refractivity (Wildman–Crippen MR) is 77.1 cm³/mol. The number of thiazole rings is 1. The second-order valence-corrected chi connectivity index (χ2v) is 7.53. The van der Waals surface area contributed by atoms with Crippen molar-refractivity contribution in [1.29, 1.82) is 0 Å². The summed E-state index contributed by atoms with van der Waals surface area (Å²) in [6, 6.07) is 8.21. The van der Waals surface area contributed by atoms with Gasteiger partial charge in [0.2, 0.25) is 0 Å². The number of nitrogens with two attached hydrogens (primary N) is 1. The van der Waals surface area contributed by atoms with Crippen LogP contribution < -0.4 is 5.73 Å². The van der Waals surface area contributed by atoms with Gasteiger partial charge >= 0.3 is 0 Å². The molecule has 3 nitrogen and oxygen atoms in total.